The number of rotatable bonds is 6. The van der Waals surface area contributed by atoms with Crippen molar-refractivity contribution >= 4 is 17.7 Å². The summed E-state index contributed by atoms with van der Waals surface area (Å²) < 4.78 is 0. The van der Waals surface area contributed by atoms with E-state index in [0.29, 0.717) is 24.7 Å². The van der Waals surface area contributed by atoms with E-state index in [-0.39, 0.29) is 11.8 Å². The Labute approximate surface area is 184 Å². The van der Waals surface area contributed by atoms with Crippen LogP contribution in [0.25, 0.3) is 0 Å². The molecule has 2 aromatic rings. The average molecular weight is 425 g/mol. The fourth-order valence-electron chi connectivity index (χ4n) is 3.92. The summed E-state index contributed by atoms with van der Waals surface area (Å²) in [5, 5.41) is 4.56. The molecule has 0 bridgehead atoms. The van der Waals surface area contributed by atoms with Crippen LogP contribution in [0.4, 0.5) is 10.5 Å². The summed E-state index contributed by atoms with van der Waals surface area (Å²) in [5.41, 5.74) is 1.68. The second kappa shape index (κ2) is 10.9. The number of hydrogen-bond donors (Lipinski definition) is 1. The fraction of sp³-hybridized carbons (Fsp3) is 0.458. The third-order valence-corrected chi connectivity index (χ3v) is 5.83. The first-order valence-corrected chi connectivity index (χ1v) is 10.9. The van der Waals surface area contributed by atoms with Crippen molar-refractivity contribution in [2.45, 2.75) is 45.1 Å². The third kappa shape index (κ3) is 6.28. The number of carbonyl (C=O) groups excluding carboxylic acids is 2. The lowest BCUT2D eigenvalue weighted by atomic mass is 9.92. The van der Waals surface area contributed by atoms with Gasteiger partial charge in [0, 0.05) is 44.1 Å². The van der Waals surface area contributed by atoms with Gasteiger partial charge in [0.05, 0.1) is 0 Å². The smallest absolute Gasteiger partial charge is 0.351 e. The lowest BCUT2D eigenvalue weighted by molar-refractivity contribution is -0.123. The molecule has 0 saturated carbocycles. The number of amides is 2. The first-order chi connectivity index (χ1) is 15.0. The zero-order valence-corrected chi connectivity index (χ0v) is 18.5. The largest absolute Gasteiger partial charge is 0.426 e. The Kier molecular flexibility index (Phi) is 8.00. The number of likely N-dealkylation sites (N-methyl/N-ethyl adjacent to an activating group) is 1. The average Bonchev–Trinajstić information content (AvgIpc) is 3.00. The highest BCUT2D eigenvalue weighted by Crippen LogP contribution is 2.23. The SMILES string of the molecule is CC1CCCCN(OC(=O)NC(C(=O)N(C)c2ccncc2)[C@@H](C)c2ccccc2)C1. The van der Waals surface area contributed by atoms with Crippen LogP contribution in [0.1, 0.15) is 44.6 Å². The van der Waals surface area contributed by atoms with Gasteiger partial charge in [0.15, 0.2) is 0 Å². The van der Waals surface area contributed by atoms with Crippen LogP contribution >= 0.6 is 0 Å². The topological polar surface area (TPSA) is 74.8 Å². The Hall–Kier alpha value is -2.93. The molecule has 0 radical (unpaired) electrons. The summed E-state index contributed by atoms with van der Waals surface area (Å²) in [6, 6.07) is 12.4. The van der Waals surface area contributed by atoms with E-state index in [1.54, 1.807) is 41.5 Å². The Morgan fingerprint density at radius 2 is 1.87 bits per heavy atom. The Balaban J connectivity index is 1.76. The zero-order valence-electron chi connectivity index (χ0n) is 18.5. The molecular weight excluding hydrogens is 392 g/mol. The summed E-state index contributed by atoms with van der Waals surface area (Å²) in [6.07, 6.45) is 5.92. The molecule has 1 saturated heterocycles. The van der Waals surface area contributed by atoms with Gasteiger partial charge in [-0.15, -0.1) is 5.06 Å². The summed E-state index contributed by atoms with van der Waals surface area (Å²) in [6.45, 7) is 5.51. The molecule has 3 rings (SSSR count). The van der Waals surface area contributed by atoms with Crippen molar-refractivity contribution in [3.63, 3.8) is 0 Å². The molecule has 7 nitrogen and oxygen atoms in total. The third-order valence-electron chi connectivity index (χ3n) is 5.83. The first-order valence-electron chi connectivity index (χ1n) is 10.9. The van der Waals surface area contributed by atoms with Crippen molar-refractivity contribution in [3.05, 3.63) is 60.4 Å². The van der Waals surface area contributed by atoms with Gasteiger partial charge in [-0.25, -0.2) is 4.79 Å². The molecule has 1 aromatic carbocycles. The van der Waals surface area contributed by atoms with Crippen molar-refractivity contribution in [2.24, 2.45) is 5.92 Å². The van der Waals surface area contributed by atoms with E-state index in [9.17, 15) is 9.59 Å². The second-order valence-electron chi connectivity index (χ2n) is 8.29. The highest BCUT2D eigenvalue weighted by atomic mass is 16.7. The van der Waals surface area contributed by atoms with Crippen LogP contribution in [0, 0.1) is 5.92 Å². The van der Waals surface area contributed by atoms with Gasteiger partial charge in [-0.3, -0.25) is 9.78 Å². The molecule has 2 heterocycles. The number of benzene rings is 1. The Morgan fingerprint density at radius 3 is 2.58 bits per heavy atom. The van der Waals surface area contributed by atoms with E-state index in [1.807, 2.05) is 37.3 Å². The minimum Gasteiger partial charge on any atom is -0.351 e. The number of pyridine rings is 1. The number of aromatic nitrogens is 1. The quantitative estimate of drug-likeness (QED) is 0.759. The van der Waals surface area contributed by atoms with Gasteiger partial charge in [-0.2, -0.15) is 0 Å². The van der Waals surface area contributed by atoms with E-state index in [1.165, 1.54) is 0 Å². The monoisotopic (exact) mass is 424 g/mol. The summed E-state index contributed by atoms with van der Waals surface area (Å²) >= 11 is 0. The molecule has 1 aliphatic heterocycles. The number of carbonyl (C=O) groups is 2. The molecular formula is C24H32N4O3. The van der Waals surface area contributed by atoms with E-state index in [4.69, 9.17) is 4.84 Å². The lowest BCUT2D eigenvalue weighted by Gasteiger charge is -2.30. The predicted octanol–water partition coefficient (Wildman–Crippen LogP) is 3.98. The van der Waals surface area contributed by atoms with Crippen molar-refractivity contribution in [3.8, 4) is 0 Å². The lowest BCUT2D eigenvalue weighted by Crippen LogP contribution is -2.51. The van der Waals surface area contributed by atoms with Crippen molar-refractivity contribution in [1.29, 1.82) is 0 Å². The zero-order chi connectivity index (χ0) is 22.2. The minimum atomic E-state index is -0.780. The molecule has 31 heavy (non-hydrogen) atoms. The van der Waals surface area contributed by atoms with Crippen molar-refractivity contribution in [1.82, 2.24) is 15.4 Å². The molecule has 1 aliphatic rings. The van der Waals surface area contributed by atoms with Crippen LogP contribution < -0.4 is 10.2 Å². The standard InChI is InChI=1S/C24H32N4O3/c1-18-9-7-8-16-28(17-18)31-24(30)26-22(19(2)20-10-5-4-6-11-20)23(29)27(3)21-12-14-25-15-13-21/h4-6,10-15,18-19,22H,7-9,16-17H2,1-3H3,(H,26,30)/t18?,19-,22?/m0/s1. The molecule has 1 N–H and O–H groups in total. The number of nitrogens with zero attached hydrogens (tertiary/aromatic N) is 3. The maximum absolute atomic E-state index is 13.4. The van der Waals surface area contributed by atoms with Gasteiger partial charge < -0.3 is 15.1 Å². The van der Waals surface area contributed by atoms with Crippen LogP contribution in [0.2, 0.25) is 0 Å². The van der Waals surface area contributed by atoms with Gasteiger partial charge in [0.2, 0.25) is 5.91 Å². The number of nitrogens with one attached hydrogen (secondary N) is 1. The van der Waals surface area contributed by atoms with Crippen LogP contribution in [-0.2, 0) is 9.63 Å². The molecule has 7 heteroatoms. The summed E-state index contributed by atoms with van der Waals surface area (Å²) in [7, 11) is 1.70. The van der Waals surface area contributed by atoms with Crippen LogP contribution in [0.5, 0.6) is 0 Å². The van der Waals surface area contributed by atoms with Crippen LogP contribution in [0.3, 0.4) is 0 Å². The molecule has 0 aliphatic carbocycles. The number of hydroxylamine groups is 2. The van der Waals surface area contributed by atoms with Gasteiger partial charge in [0.25, 0.3) is 0 Å². The highest BCUT2D eigenvalue weighted by molar-refractivity contribution is 5.98. The maximum Gasteiger partial charge on any atom is 0.426 e. The highest BCUT2D eigenvalue weighted by Gasteiger charge is 2.32. The Bertz CT molecular complexity index is 846. The number of hydrogen-bond acceptors (Lipinski definition) is 5. The molecule has 0 spiro atoms. The predicted molar refractivity (Wildman–Crippen MR) is 120 cm³/mol. The van der Waals surface area contributed by atoms with Crippen LogP contribution in [0.15, 0.2) is 54.9 Å². The molecule has 1 aromatic heterocycles. The van der Waals surface area contributed by atoms with E-state index in [2.05, 4.69) is 17.2 Å². The molecule has 3 atom stereocenters. The molecule has 2 amide bonds. The molecule has 1 fully saturated rings. The molecule has 166 valence electrons. The summed E-state index contributed by atoms with van der Waals surface area (Å²) in [4.78, 5) is 37.3. The second-order valence-corrected chi connectivity index (χ2v) is 8.29. The number of anilines is 1. The van der Waals surface area contributed by atoms with Crippen LogP contribution in [-0.4, -0.2) is 48.2 Å². The normalized spacial score (nSPS) is 19.0. The van der Waals surface area contributed by atoms with Crippen molar-refractivity contribution in [2.75, 3.05) is 25.0 Å². The fourth-order valence-corrected chi connectivity index (χ4v) is 3.92. The first kappa shape index (κ1) is 22.7. The van der Waals surface area contributed by atoms with Gasteiger partial charge in [-0.1, -0.05) is 50.6 Å². The Morgan fingerprint density at radius 1 is 1.16 bits per heavy atom. The van der Waals surface area contributed by atoms with E-state index < -0.39 is 12.1 Å². The molecule has 2 unspecified atom stereocenters. The van der Waals surface area contributed by atoms with Gasteiger partial charge >= 0.3 is 6.09 Å². The maximum atomic E-state index is 13.4. The van der Waals surface area contributed by atoms with Gasteiger partial charge in [0.1, 0.15) is 6.04 Å². The van der Waals surface area contributed by atoms with Crippen molar-refractivity contribution < 1.29 is 14.4 Å². The van der Waals surface area contributed by atoms with Gasteiger partial charge in [-0.05, 0) is 36.5 Å². The van der Waals surface area contributed by atoms with E-state index in [0.717, 1.165) is 24.8 Å². The summed E-state index contributed by atoms with van der Waals surface area (Å²) in [5.74, 6) is 0.00567. The van der Waals surface area contributed by atoms with E-state index >= 15 is 0 Å². The minimum absolute atomic E-state index is 0.219.